The summed E-state index contributed by atoms with van der Waals surface area (Å²) in [6.07, 6.45) is 10.7. The molecule has 3 aromatic rings. The van der Waals surface area contributed by atoms with E-state index in [9.17, 15) is 9.18 Å². The van der Waals surface area contributed by atoms with Crippen LogP contribution in [-0.4, -0.2) is 37.1 Å². The Labute approximate surface area is 184 Å². The molecule has 2 aromatic heterocycles. The molecule has 0 radical (unpaired) electrons. The Morgan fingerprint density at radius 1 is 1.19 bits per heavy atom. The third-order valence-corrected chi connectivity index (χ3v) is 6.53. The summed E-state index contributed by atoms with van der Waals surface area (Å²) >= 11 is 0. The van der Waals surface area contributed by atoms with Gasteiger partial charge in [-0.15, -0.1) is 0 Å². The summed E-state index contributed by atoms with van der Waals surface area (Å²) in [5.74, 6) is -0.195. The van der Waals surface area contributed by atoms with Crippen LogP contribution in [0, 0.1) is 29.0 Å². The number of nitriles is 1. The normalized spacial score (nSPS) is 23.4. The van der Waals surface area contributed by atoms with Gasteiger partial charge in [0.1, 0.15) is 17.9 Å². The van der Waals surface area contributed by atoms with Gasteiger partial charge < -0.3 is 4.57 Å². The lowest BCUT2D eigenvalue weighted by atomic mass is 9.81. The van der Waals surface area contributed by atoms with Gasteiger partial charge in [0, 0.05) is 37.3 Å². The lowest BCUT2D eigenvalue weighted by Gasteiger charge is -2.31. The van der Waals surface area contributed by atoms with E-state index in [0.29, 0.717) is 30.1 Å². The minimum atomic E-state index is -0.528. The van der Waals surface area contributed by atoms with Gasteiger partial charge >= 0.3 is 0 Å². The van der Waals surface area contributed by atoms with Gasteiger partial charge in [0.05, 0.1) is 41.4 Å². The molecule has 1 aliphatic heterocycles. The molecule has 1 aromatic carbocycles. The second-order valence-electron chi connectivity index (χ2n) is 8.48. The minimum Gasteiger partial charge on any atom is -0.330 e. The summed E-state index contributed by atoms with van der Waals surface area (Å²) in [5.41, 5.74) is 2.07. The summed E-state index contributed by atoms with van der Waals surface area (Å²) in [5, 5.41) is 10.5. The number of carbonyl (C=O) groups is 1. The zero-order valence-electron chi connectivity index (χ0n) is 17.5. The number of aromatic nitrogens is 4. The number of benzene rings is 1. The second kappa shape index (κ2) is 8.63. The lowest BCUT2D eigenvalue weighted by molar-refractivity contribution is -0.183. The zero-order valence-corrected chi connectivity index (χ0v) is 17.5. The number of fused-ring (bicyclic) bond motifs is 1. The van der Waals surface area contributed by atoms with Crippen LogP contribution in [0.4, 0.5) is 4.39 Å². The molecule has 9 heteroatoms. The van der Waals surface area contributed by atoms with E-state index >= 15 is 0 Å². The molecule has 1 amide bonds. The van der Waals surface area contributed by atoms with Gasteiger partial charge in [0.15, 0.2) is 0 Å². The van der Waals surface area contributed by atoms with Crippen LogP contribution in [0.25, 0.3) is 11.0 Å². The van der Waals surface area contributed by atoms with Gasteiger partial charge in [-0.2, -0.15) is 5.26 Å². The van der Waals surface area contributed by atoms with Crippen molar-refractivity contribution in [3.05, 3.63) is 54.1 Å². The predicted molar refractivity (Wildman–Crippen MR) is 112 cm³/mol. The molecular weight excluding hydrogens is 411 g/mol. The molecule has 1 saturated heterocycles. The molecule has 0 unspecified atom stereocenters. The van der Waals surface area contributed by atoms with Crippen molar-refractivity contribution < 1.29 is 14.0 Å². The summed E-state index contributed by atoms with van der Waals surface area (Å²) in [7, 11) is 0. The number of imidazole rings is 1. The Morgan fingerprint density at radius 3 is 2.78 bits per heavy atom. The van der Waals surface area contributed by atoms with E-state index in [1.54, 1.807) is 24.9 Å². The monoisotopic (exact) mass is 434 g/mol. The van der Waals surface area contributed by atoms with Crippen molar-refractivity contribution in [2.45, 2.75) is 44.7 Å². The summed E-state index contributed by atoms with van der Waals surface area (Å²) in [4.78, 5) is 31.6. The highest BCUT2D eigenvalue weighted by Gasteiger charge is 2.38. The maximum atomic E-state index is 14.1. The van der Waals surface area contributed by atoms with Gasteiger partial charge in [-0.3, -0.25) is 19.6 Å². The first-order chi connectivity index (χ1) is 15.6. The molecule has 5 rings (SSSR count). The van der Waals surface area contributed by atoms with Gasteiger partial charge in [-0.25, -0.2) is 14.4 Å². The van der Waals surface area contributed by atoms with Crippen LogP contribution < -0.4 is 0 Å². The van der Waals surface area contributed by atoms with E-state index in [0.717, 1.165) is 37.8 Å². The molecule has 2 fully saturated rings. The first-order valence-electron chi connectivity index (χ1n) is 10.9. The van der Waals surface area contributed by atoms with Crippen LogP contribution in [0.5, 0.6) is 0 Å². The topological polar surface area (TPSA) is 96.9 Å². The number of nitrogens with zero attached hydrogens (tertiary/aromatic N) is 6. The third kappa shape index (κ3) is 3.82. The van der Waals surface area contributed by atoms with Crippen molar-refractivity contribution in [1.82, 2.24) is 24.6 Å². The Morgan fingerprint density at radius 2 is 2.03 bits per heavy atom. The van der Waals surface area contributed by atoms with Crippen LogP contribution >= 0.6 is 0 Å². The highest BCUT2D eigenvalue weighted by atomic mass is 19.1. The van der Waals surface area contributed by atoms with Crippen LogP contribution in [0.1, 0.15) is 49.4 Å². The maximum Gasteiger partial charge on any atom is 0.249 e. The lowest BCUT2D eigenvalue weighted by Crippen LogP contribution is -2.37. The highest BCUT2D eigenvalue weighted by Crippen LogP contribution is 2.36. The second-order valence-corrected chi connectivity index (χ2v) is 8.48. The van der Waals surface area contributed by atoms with E-state index in [1.807, 2.05) is 10.6 Å². The zero-order chi connectivity index (χ0) is 22.1. The predicted octanol–water partition coefficient (Wildman–Crippen LogP) is 3.55. The van der Waals surface area contributed by atoms with Crippen molar-refractivity contribution in [3.63, 3.8) is 0 Å². The smallest absolute Gasteiger partial charge is 0.249 e. The molecule has 0 spiro atoms. The first kappa shape index (κ1) is 20.5. The number of carbonyl (C=O) groups excluding carboxylic acids is 1. The molecule has 1 atom stereocenters. The molecule has 32 heavy (non-hydrogen) atoms. The SMILES string of the molecule is N#Cc1cc2ncn(C[C@H]3CC[C@H](C(=O)N4OCC[C@H]4c4cnccn4)CC3)c2cc1F. The maximum absolute atomic E-state index is 14.1. The van der Waals surface area contributed by atoms with Crippen LogP contribution in [0.2, 0.25) is 0 Å². The van der Waals surface area contributed by atoms with Crippen molar-refractivity contribution >= 4 is 16.9 Å². The molecular formula is C23H23FN6O2. The Bertz CT molecular complexity index is 1170. The summed E-state index contributed by atoms with van der Waals surface area (Å²) in [6.45, 7) is 1.21. The number of amides is 1. The van der Waals surface area contributed by atoms with Crippen LogP contribution in [-0.2, 0) is 16.2 Å². The molecule has 0 N–H and O–H groups in total. The molecule has 3 heterocycles. The Hall–Kier alpha value is -3.38. The summed E-state index contributed by atoms with van der Waals surface area (Å²) < 4.78 is 16.0. The molecule has 2 aliphatic rings. The van der Waals surface area contributed by atoms with Crippen LogP contribution in [0.15, 0.2) is 37.1 Å². The van der Waals surface area contributed by atoms with E-state index in [4.69, 9.17) is 10.1 Å². The van der Waals surface area contributed by atoms with Gasteiger partial charge in [0.25, 0.3) is 0 Å². The molecule has 164 valence electrons. The van der Waals surface area contributed by atoms with E-state index < -0.39 is 5.82 Å². The van der Waals surface area contributed by atoms with Crippen molar-refractivity contribution in [2.75, 3.05) is 6.61 Å². The van der Waals surface area contributed by atoms with Crippen LogP contribution in [0.3, 0.4) is 0 Å². The van der Waals surface area contributed by atoms with E-state index in [-0.39, 0.29) is 23.4 Å². The van der Waals surface area contributed by atoms with Crippen molar-refractivity contribution in [2.24, 2.45) is 11.8 Å². The summed E-state index contributed by atoms with van der Waals surface area (Å²) in [6, 6.07) is 4.54. The standard InChI is InChI=1S/C23H23FN6O2/c24-18-10-22-19(9-17(18)11-25)28-14-29(22)13-15-1-3-16(4-2-15)23(31)30-21(5-8-32-30)20-12-26-6-7-27-20/h6-7,9-10,12,14-16,21H,1-5,8,13H2/t15-,16-,21-/m0/s1. The number of hydroxylamine groups is 2. The average molecular weight is 434 g/mol. The van der Waals surface area contributed by atoms with Gasteiger partial charge in [0.2, 0.25) is 5.91 Å². The van der Waals surface area contributed by atoms with E-state index in [1.165, 1.54) is 17.2 Å². The third-order valence-electron chi connectivity index (χ3n) is 6.53. The number of hydrogen-bond donors (Lipinski definition) is 0. The largest absolute Gasteiger partial charge is 0.330 e. The average Bonchev–Trinajstić information content (AvgIpc) is 3.47. The minimum absolute atomic E-state index is 0.00527. The molecule has 8 nitrogen and oxygen atoms in total. The molecule has 1 aliphatic carbocycles. The number of hydrogen-bond acceptors (Lipinski definition) is 6. The molecule has 0 bridgehead atoms. The fourth-order valence-electron chi connectivity index (χ4n) is 4.80. The highest BCUT2D eigenvalue weighted by molar-refractivity contribution is 5.79. The quantitative estimate of drug-likeness (QED) is 0.623. The van der Waals surface area contributed by atoms with Gasteiger partial charge in [-0.05, 0) is 37.7 Å². The Balaban J connectivity index is 1.22. The van der Waals surface area contributed by atoms with Crippen molar-refractivity contribution in [1.29, 1.82) is 5.26 Å². The first-order valence-corrected chi connectivity index (χ1v) is 10.9. The Kier molecular flexibility index (Phi) is 5.53. The fraction of sp³-hybridized carbons (Fsp3) is 0.435. The molecule has 1 saturated carbocycles. The van der Waals surface area contributed by atoms with Crippen molar-refractivity contribution in [3.8, 4) is 6.07 Å². The van der Waals surface area contributed by atoms with E-state index in [2.05, 4.69) is 15.0 Å². The fourth-order valence-corrected chi connectivity index (χ4v) is 4.80. The number of halogens is 1. The van der Waals surface area contributed by atoms with Gasteiger partial charge in [-0.1, -0.05) is 0 Å². The number of rotatable bonds is 4.